The molecule has 5 N–H and O–H groups in total. The molecule has 3 aliphatic rings. The lowest BCUT2D eigenvalue weighted by Crippen LogP contribution is -2.36. The van der Waals surface area contributed by atoms with Gasteiger partial charge in [0.25, 0.3) is 0 Å². The van der Waals surface area contributed by atoms with Crippen LogP contribution in [0, 0.1) is 11.3 Å². The van der Waals surface area contributed by atoms with E-state index in [2.05, 4.69) is 15.5 Å². The molecule has 1 unspecified atom stereocenters. The van der Waals surface area contributed by atoms with Gasteiger partial charge in [-0.2, -0.15) is 0 Å². The summed E-state index contributed by atoms with van der Waals surface area (Å²) >= 11 is 0. The third kappa shape index (κ3) is 2.16. The Morgan fingerprint density at radius 2 is 2.00 bits per heavy atom. The Labute approximate surface area is 138 Å². The van der Waals surface area contributed by atoms with Crippen LogP contribution in [-0.2, 0) is 4.79 Å². The van der Waals surface area contributed by atoms with E-state index in [4.69, 9.17) is 5.73 Å². The highest BCUT2D eigenvalue weighted by molar-refractivity contribution is 5.78. The number of hydrogen-bond acceptors (Lipinski definition) is 6. The van der Waals surface area contributed by atoms with Gasteiger partial charge in [0, 0.05) is 11.6 Å². The molecule has 0 amide bonds. The number of carboxylic acids is 1. The first kappa shape index (κ1) is 14.7. The van der Waals surface area contributed by atoms with Gasteiger partial charge in [0.15, 0.2) is 5.82 Å². The highest BCUT2D eigenvalue weighted by Crippen LogP contribution is 2.59. The van der Waals surface area contributed by atoms with E-state index in [1.165, 1.54) is 0 Å². The van der Waals surface area contributed by atoms with Crippen LogP contribution in [0.4, 0.5) is 11.5 Å². The SMILES string of the molecule is Nc1nnc(-c2ccccc2O)cc1NC1CC2(C(=O)O)CC1C2. The quantitative estimate of drug-likeness (QED) is 0.678. The van der Waals surface area contributed by atoms with Gasteiger partial charge in [-0.3, -0.25) is 4.79 Å². The maximum atomic E-state index is 11.4. The van der Waals surface area contributed by atoms with E-state index in [9.17, 15) is 15.0 Å². The fourth-order valence-corrected chi connectivity index (χ4v) is 3.95. The summed E-state index contributed by atoms with van der Waals surface area (Å²) in [5, 5.41) is 30.7. The van der Waals surface area contributed by atoms with Crippen LogP contribution in [-0.4, -0.2) is 32.4 Å². The highest BCUT2D eigenvalue weighted by Gasteiger charge is 2.60. The number of phenolic OH excluding ortho intramolecular Hbond substituents is 1. The smallest absolute Gasteiger partial charge is 0.309 e. The molecule has 1 aromatic carbocycles. The Hall–Kier alpha value is -2.83. The molecule has 3 saturated carbocycles. The molecule has 24 heavy (non-hydrogen) atoms. The first-order valence-electron chi connectivity index (χ1n) is 7.90. The van der Waals surface area contributed by atoms with Crippen LogP contribution in [0.5, 0.6) is 5.75 Å². The van der Waals surface area contributed by atoms with Crippen molar-refractivity contribution in [1.29, 1.82) is 0 Å². The van der Waals surface area contributed by atoms with Gasteiger partial charge in [-0.1, -0.05) is 12.1 Å². The minimum Gasteiger partial charge on any atom is -0.507 e. The lowest BCUT2D eigenvalue weighted by molar-refractivity contribution is -0.153. The normalized spacial score (nSPS) is 27.5. The topological polar surface area (TPSA) is 121 Å². The van der Waals surface area contributed by atoms with E-state index in [0.717, 1.165) is 0 Å². The monoisotopic (exact) mass is 326 g/mol. The number of carbonyl (C=O) groups is 1. The molecule has 0 saturated heterocycles. The predicted molar refractivity (Wildman–Crippen MR) is 88.4 cm³/mol. The Bertz CT molecular complexity index is 817. The van der Waals surface area contributed by atoms with Crippen LogP contribution in [0.1, 0.15) is 19.3 Å². The number of nitrogens with one attached hydrogen (secondary N) is 1. The molecule has 2 aromatic rings. The van der Waals surface area contributed by atoms with Crippen molar-refractivity contribution in [1.82, 2.24) is 10.2 Å². The van der Waals surface area contributed by atoms with Crippen LogP contribution in [0.2, 0.25) is 0 Å². The minimum atomic E-state index is -0.709. The summed E-state index contributed by atoms with van der Waals surface area (Å²) in [6.45, 7) is 0. The van der Waals surface area contributed by atoms with Crippen molar-refractivity contribution in [3.8, 4) is 17.0 Å². The third-order valence-electron chi connectivity index (χ3n) is 5.28. The summed E-state index contributed by atoms with van der Waals surface area (Å²) < 4.78 is 0. The highest BCUT2D eigenvalue weighted by atomic mass is 16.4. The van der Waals surface area contributed by atoms with Gasteiger partial charge < -0.3 is 21.3 Å². The fraction of sp³-hybridized carbons (Fsp3) is 0.353. The number of nitrogen functional groups attached to an aromatic ring is 1. The molecule has 0 aliphatic heterocycles. The number of aliphatic carboxylic acids is 1. The zero-order valence-corrected chi connectivity index (χ0v) is 12.9. The number of carboxylic acid groups (broad SMARTS) is 1. The number of benzene rings is 1. The van der Waals surface area contributed by atoms with E-state index in [1.807, 2.05) is 6.07 Å². The molecule has 1 heterocycles. The van der Waals surface area contributed by atoms with E-state index < -0.39 is 11.4 Å². The zero-order valence-electron chi connectivity index (χ0n) is 12.9. The molecule has 124 valence electrons. The fourth-order valence-electron chi connectivity index (χ4n) is 3.95. The zero-order chi connectivity index (χ0) is 16.9. The number of anilines is 2. The molecule has 1 atom stereocenters. The number of para-hydroxylation sites is 1. The predicted octanol–water partition coefficient (Wildman–Crippen LogP) is 2.10. The van der Waals surface area contributed by atoms with Gasteiger partial charge in [-0.05, 0) is 43.4 Å². The number of nitrogens with zero attached hydrogens (tertiary/aromatic N) is 2. The van der Waals surface area contributed by atoms with Crippen LogP contribution in [0.15, 0.2) is 30.3 Å². The van der Waals surface area contributed by atoms with Crippen LogP contribution in [0.25, 0.3) is 11.3 Å². The Kier molecular flexibility index (Phi) is 3.13. The third-order valence-corrected chi connectivity index (χ3v) is 5.28. The average molecular weight is 326 g/mol. The lowest BCUT2D eigenvalue weighted by Gasteiger charge is -2.34. The molecular formula is C17H18N4O3. The van der Waals surface area contributed by atoms with Crippen LogP contribution < -0.4 is 11.1 Å². The number of phenols is 1. The second-order valence-electron chi connectivity index (χ2n) is 6.75. The molecule has 1 aromatic heterocycles. The van der Waals surface area contributed by atoms with Crippen molar-refractivity contribution in [2.45, 2.75) is 25.3 Å². The first-order chi connectivity index (χ1) is 11.5. The Morgan fingerprint density at radius 1 is 1.25 bits per heavy atom. The van der Waals surface area contributed by atoms with Gasteiger partial charge in [0.2, 0.25) is 0 Å². The van der Waals surface area contributed by atoms with Crippen molar-refractivity contribution in [3.63, 3.8) is 0 Å². The van der Waals surface area contributed by atoms with Crippen molar-refractivity contribution in [3.05, 3.63) is 30.3 Å². The average Bonchev–Trinajstić information content (AvgIpc) is 3.05. The summed E-state index contributed by atoms with van der Waals surface area (Å²) in [7, 11) is 0. The van der Waals surface area contributed by atoms with E-state index in [1.54, 1.807) is 24.3 Å². The van der Waals surface area contributed by atoms with Gasteiger partial charge in [-0.25, -0.2) is 0 Å². The molecule has 7 nitrogen and oxygen atoms in total. The molecule has 3 aliphatic carbocycles. The summed E-state index contributed by atoms with van der Waals surface area (Å²) in [5.74, 6) is 0.0270. The molecule has 2 bridgehead atoms. The summed E-state index contributed by atoms with van der Waals surface area (Å²) in [6, 6.07) is 8.71. The van der Waals surface area contributed by atoms with Gasteiger partial charge in [-0.15, -0.1) is 10.2 Å². The minimum absolute atomic E-state index is 0.0739. The maximum absolute atomic E-state index is 11.4. The molecule has 0 radical (unpaired) electrons. The number of fused-ring (bicyclic) bond motifs is 1. The Morgan fingerprint density at radius 3 is 2.67 bits per heavy atom. The number of aromatic nitrogens is 2. The van der Waals surface area contributed by atoms with Crippen molar-refractivity contribution in [2.75, 3.05) is 11.1 Å². The van der Waals surface area contributed by atoms with Crippen LogP contribution in [0.3, 0.4) is 0 Å². The molecule has 3 fully saturated rings. The number of rotatable bonds is 4. The molecule has 0 spiro atoms. The molecule has 5 rings (SSSR count). The van der Waals surface area contributed by atoms with E-state index in [0.29, 0.717) is 42.1 Å². The lowest BCUT2D eigenvalue weighted by atomic mass is 9.70. The van der Waals surface area contributed by atoms with Gasteiger partial charge in [0.05, 0.1) is 16.8 Å². The summed E-state index contributed by atoms with van der Waals surface area (Å²) in [5.41, 5.74) is 7.07. The standard InChI is InChI=1S/C17H18N4O3/c18-15-12(19-13-8-17(16(23)24)6-9(13)7-17)5-11(20-21-15)10-3-1-2-4-14(10)22/h1-5,9,13,22H,6-8H2,(H2,18,21)(H,19,20)(H,23,24). The van der Waals surface area contributed by atoms with Gasteiger partial charge >= 0.3 is 5.97 Å². The van der Waals surface area contributed by atoms with E-state index in [-0.39, 0.29) is 17.6 Å². The largest absolute Gasteiger partial charge is 0.507 e. The van der Waals surface area contributed by atoms with Crippen LogP contribution >= 0.6 is 0 Å². The number of aromatic hydroxyl groups is 1. The number of nitrogens with two attached hydrogens (primary N) is 1. The van der Waals surface area contributed by atoms with Gasteiger partial charge in [0.1, 0.15) is 5.75 Å². The van der Waals surface area contributed by atoms with Crippen molar-refractivity contribution in [2.24, 2.45) is 11.3 Å². The molecule has 7 heteroatoms. The maximum Gasteiger partial charge on any atom is 0.309 e. The van der Waals surface area contributed by atoms with Crippen molar-refractivity contribution < 1.29 is 15.0 Å². The summed E-state index contributed by atoms with van der Waals surface area (Å²) in [6.07, 6.45) is 2.02. The summed E-state index contributed by atoms with van der Waals surface area (Å²) in [4.78, 5) is 11.4. The first-order valence-corrected chi connectivity index (χ1v) is 7.90. The van der Waals surface area contributed by atoms with E-state index >= 15 is 0 Å². The number of hydrogen-bond donors (Lipinski definition) is 4. The molecular weight excluding hydrogens is 308 g/mol. The second kappa shape index (κ2) is 5.09. The second-order valence-corrected chi connectivity index (χ2v) is 6.75. The van der Waals surface area contributed by atoms with Crippen molar-refractivity contribution >= 4 is 17.5 Å². The Balaban J connectivity index is 1.60.